The molecule has 1 heterocycles. The summed E-state index contributed by atoms with van der Waals surface area (Å²) < 4.78 is 48.3. The monoisotopic (exact) mass is 500 g/mol. The van der Waals surface area contributed by atoms with Gasteiger partial charge in [-0.25, -0.2) is 0 Å². The van der Waals surface area contributed by atoms with Gasteiger partial charge in [-0.05, 0) is 48.8 Å². The Morgan fingerprint density at radius 1 is 1.19 bits per heavy atom. The Bertz CT molecular complexity index is 673. The molecule has 1 saturated heterocycles. The lowest BCUT2D eigenvalue weighted by Crippen LogP contribution is -2.44. The zero-order chi connectivity index (χ0) is 21.9. The second kappa shape index (κ2) is 12.2. The highest BCUT2D eigenvalue weighted by Gasteiger charge is 2.40. The maximum absolute atomic E-state index is 12.6. The van der Waals surface area contributed by atoms with E-state index in [2.05, 4.69) is 48.8 Å². The minimum absolute atomic E-state index is 0. The molecule has 1 fully saturated rings. The first kappa shape index (κ1) is 30.6. The number of nitrogens with one attached hydrogen (secondary N) is 1. The number of hydrogen-bond acceptors (Lipinski definition) is 4. The van der Waals surface area contributed by atoms with Gasteiger partial charge in [0.1, 0.15) is 5.75 Å². The van der Waals surface area contributed by atoms with Crippen molar-refractivity contribution < 1.29 is 22.3 Å². The molecule has 2 atom stereocenters. The van der Waals surface area contributed by atoms with Gasteiger partial charge in [0.05, 0.1) is 6.10 Å². The molecule has 0 unspecified atom stereocenters. The van der Waals surface area contributed by atoms with Gasteiger partial charge in [-0.2, -0.15) is 27.0 Å². The summed E-state index contributed by atoms with van der Waals surface area (Å²) in [5.74, 6) is -0.182. The van der Waals surface area contributed by atoms with Crippen molar-refractivity contribution in [3.05, 3.63) is 29.8 Å². The molecule has 0 bridgehead atoms. The minimum Gasteiger partial charge on any atom is -0.413 e. The molecule has 1 N–H and O–H groups in total. The van der Waals surface area contributed by atoms with Crippen molar-refractivity contribution in [3.8, 4) is 5.75 Å². The van der Waals surface area contributed by atoms with Gasteiger partial charge in [0.15, 0.2) is 8.32 Å². The van der Waals surface area contributed by atoms with E-state index < -0.39 is 14.7 Å². The first-order valence-electron chi connectivity index (χ1n) is 10.3. The lowest BCUT2D eigenvalue weighted by atomic mass is 10.1. The molecule has 1 aromatic carbocycles. The third kappa shape index (κ3) is 9.55. The summed E-state index contributed by atoms with van der Waals surface area (Å²) >= 11 is 0. The fourth-order valence-corrected chi connectivity index (χ4v) is 4.75. The molecule has 1 aliphatic heterocycles. The molecule has 2 rings (SSSR count). The topological polar surface area (TPSA) is 33.7 Å². The van der Waals surface area contributed by atoms with Crippen molar-refractivity contribution in [2.75, 3.05) is 26.2 Å². The molecule has 10 heteroatoms. The van der Waals surface area contributed by atoms with E-state index in [0.717, 1.165) is 38.2 Å². The van der Waals surface area contributed by atoms with E-state index in [1.165, 1.54) is 12.1 Å². The maximum atomic E-state index is 12.6. The Kier molecular flexibility index (Phi) is 12.0. The molecule has 4 nitrogen and oxygen atoms in total. The van der Waals surface area contributed by atoms with Crippen LogP contribution in [0.25, 0.3) is 0 Å². The Balaban J connectivity index is 0.00000450. The summed E-state index contributed by atoms with van der Waals surface area (Å²) in [6.07, 6.45) is -3.48. The van der Waals surface area contributed by atoms with Crippen LogP contribution in [-0.4, -0.2) is 51.9 Å². The lowest BCUT2D eigenvalue weighted by Gasteiger charge is -2.38. The highest BCUT2D eigenvalue weighted by atomic mass is 32.1. The number of ether oxygens (including phenoxy) is 1. The van der Waals surface area contributed by atoms with Crippen LogP contribution >= 0.6 is 27.0 Å². The van der Waals surface area contributed by atoms with E-state index in [1.54, 1.807) is 6.07 Å². The fraction of sp³-hybridized carbons (Fsp3) is 0.714. The van der Waals surface area contributed by atoms with Crippen LogP contribution in [0.3, 0.4) is 0 Å². The highest BCUT2D eigenvalue weighted by molar-refractivity contribution is 7.59. The van der Waals surface area contributed by atoms with Crippen LogP contribution in [0.4, 0.5) is 13.2 Å². The summed E-state index contributed by atoms with van der Waals surface area (Å²) in [6, 6.07) is 6.19. The van der Waals surface area contributed by atoms with Crippen molar-refractivity contribution >= 4 is 35.3 Å². The quantitative estimate of drug-likeness (QED) is 0.474. The predicted molar refractivity (Wildman–Crippen MR) is 133 cm³/mol. The third-order valence-corrected chi connectivity index (χ3v) is 10.4. The van der Waals surface area contributed by atoms with Gasteiger partial charge in [0.2, 0.25) is 0 Å². The van der Waals surface area contributed by atoms with Crippen LogP contribution in [0, 0.1) is 0 Å². The Labute approximate surface area is 200 Å². The normalized spacial score (nSPS) is 18.8. The number of halogens is 3. The van der Waals surface area contributed by atoms with E-state index in [1.807, 2.05) is 13.0 Å². The van der Waals surface area contributed by atoms with Crippen molar-refractivity contribution in [2.45, 2.75) is 70.8 Å². The molecule has 1 aliphatic rings. The Morgan fingerprint density at radius 3 is 2.39 bits per heavy atom. The molecule has 0 aliphatic carbocycles. The highest BCUT2D eigenvalue weighted by Crippen LogP contribution is 2.38. The second-order valence-corrected chi connectivity index (χ2v) is 14.0. The van der Waals surface area contributed by atoms with Crippen LogP contribution in [0.5, 0.6) is 5.75 Å². The van der Waals surface area contributed by atoms with Gasteiger partial charge in [-0.15, -0.1) is 13.2 Å². The zero-order valence-corrected chi connectivity index (χ0v) is 22.4. The van der Waals surface area contributed by atoms with Crippen molar-refractivity contribution in [3.63, 3.8) is 0 Å². The standard InChI is InChI=1S/C21H35F3N2O2Si.2H2S/c1-7-25-19(16-9-8-10-17(13-16)27-21(22,23)24)15-26-12-11-18(14-26)28-29(5,6)20(2,3)4;;/h8-10,13,18-19,25H,7,11-12,14-15H2,1-6H3;2*1H2/t18-,19+;;/m0../s1. The van der Waals surface area contributed by atoms with Gasteiger partial charge < -0.3 is 14.5 Å². The summed E-state index contributed by atoms with van der Waals surface area (Å²) in [7, 11) is -1.81. The van der Waals surface area contributed by atoms with Gasteiger partial charge in [0, 0.05) is 25.7 Å². The molecule has 182 valence electrons. The maximum Gasteiger partial charge on any atom is 0.573 e. The number of alkyl halides is 3. The fourth-order valence-electron chi connectivity index (χ4n) is 3.37. The van der Waals surface area contributed by atoms with Gasteiger partial charge in [-0.3, -0.25) is 4.90 Å². The largest absolute Gasteiger partial charge is 0.573 e. The van der Waals surface area contributed by atoms with E-state index in [0.29, 0.717) is 0 Å². The molecule has 0 saturated carbocycles. The number of rotatable bonds is 8. The smallest absolute Gasteiger partial charge is 0.413 e. The third-order valence-electron chi connectivity index (χ3n) is 5.88. The molecule has 0 radical (unpaired) electrons. The summed E-state index contributed by atoms with van der Waals surface area (Å²) in [5.41, 5.74) is 0.794. The van der Waals surface area contributed by atoms with E-state index in [9.17, 15) is 13.2 Å². The zero-order valence-electron chi connectivity index (χ0n) is 19.4. The SMILES string of the molecule is CCN[C@H](CN1CC[C@H](O[Si](C)(C)C(C)(C)C)C1)c1cccc(OC(F)(F)F)c1.S.S. The van der Waals surface area contributed by atoms with Crippen LogP contribution in [-0.2, 0) is 4.43 Å². The summed E-state index contributed by atoms with van der Waals surface area (Å²) in [6.45, 7) is 16.5. The van der Waals surface area contributed by atoms with E-state index in [4.69, 9.17) is 4.43 Å². The van der Waals surface area contributed by atoms with Crippen LogP contribution in [0.2, 0.25) is 18.1 Å². The molecule has 31 heavy (non-hydrogen) atoms. The molecule has 0 spiro atoms. The van der Waals surface area contributed by atoms with E-state index >= 15 is 0 Å². The van der Waals surface area contributed by atoms with Crippen LogP contribution in [0.15, 0.2) is 24.3 Å². The van der Waals surface area contributed by atoms with Gasteiger partial charge >= 0.3 is 6.36 Å². The van der Waals surface area contributed by atoms with Crippen LogP contribution in [0.1, 0.15) is 45.7 Å². The number of benzene rings is 1. The number of hydrogen-bond donors (Lipinski definition) is 1. The van der Waals surface area contributed by atoms with Gasteiger partial charge in [-0.1, -0.05) is 39.8 Å². The Morgan fingerprint density at radius 2 is 1.84 bits per heavy atom. The first-order valence-corrected chi connectivity index (χ1v) is 13.2. The molecule has 1 aromatic rings. The van der Waals surface area contributed by atoms with E-state index in [-0.39, 0.29) is 49.9 Å². The first-order chi connectivity index (χ1) is 13.3. The average molecular weight is 501 g/mol. The van der Waals surface area contributed by atoms with Crippen molar-refractivity contribution in [1.29, 1.82) is 0 Å². The number of likely N-dealkylation sites (N-methyl/N-ethyl adjacent to an activating group) is 1. The van der Waals surface area contributed by atoms with Crippen molar-refractivity contribution in [1.82, 2.24) is 10.2 Å². The van der Waals surface area contributed by atoms with Gasteiger partial charge in [0.25, 0.3) is 0 Å². The molecular weight excluding hydrogens is 461 g/mol. The molecule has 0 aromatic heterocycles. The number of likely N-dealkylation sites (tertiary alicyclic amines) is 1. The Hall–Kier alpha value is -0.393. The summed E-state index contributed by atoms with van der Waals surface area (Å²) in [5, 5.41) is 3.56. The number of nitrogens with zero attached hydrogens (tertiary/aromatic N) is 1. The summed E-state index contributed by atoms with van der Waals surface area (Å²) in [4.78, 5) is 2.34. The molecular formula is C21H39F3N2O2S2Si. The minimum atomic E-state index is -4.68. The second-order valence-electron chi connectivity index (χ2n) is 9.28. The predicted octanol–water partition coefficient (Wildman–Crippen LogP) is 5.56. The van der Waals surface area contributed by atoms with Crippen LogP contribution < -0.4 is 10.1 Å². The lowest BCUT2D eigenvalue weighted by molar-refractivity contribution is -0.274. The van der Waals surface area contributed by atoms with Crippen molar-refractivity contribution in [2.24, 2.45) is 0 Å². The molecule has 0 amide bonds. The average Bonchev–Trinajstić information content (AvgIpc) is 2.98.